The lowest BCUT2D eigenvalue weighted by molar-refractivity contribution is -0.434. The van der Waals surface area contributed by atoms with Gasteiger partial charge in [0.2, 0.25) is 5.69 Å². The van der Waals surface area contributed by atoms with E-state index in [1.807, 2.05) is 0 Å². The molecule has 0 saturated heterocycles. The Hall–Kier alpha value is -1.11. The first kappa shape index (κ1) is 11.4. The van der Waals surface area contributed by atoms with E-state index in [2.05, 4.69) is 55.8 Å². The van der Waals surface area contributed by atoms with Crippen molar-refractivity contribution in [3.63, 3.8) is 0 Å². The van der Waals surface area contributed by atoms with Crippen LogP contribution in [0.25, 0.3) is 0 Å². The molecule has 1 heteroatoms. The molecule has 0 spiro atoms. The summed E-state index contributed by atoms with van der Waals surface area (Å²) in [5.74, 6) is 0. The Kier molecular flexibility index (Phi) is 3.13. The summed E-state index contributed by atoms with van der Waals surface area (Å²) in [4.78, 5) is 0. The predicted molar refractivity (Wildman–Crippen MR) is 69.8 cm³/mol. The van der Waals surface area contributed by atoms with Gasteiger partial charge in [0.25, 0.3) is 0 Å². The molecule has 0 aromatic heterocycles. The topological polar surface area (TPSA) is 3.01 Å². The second-order valence-electron chi connectivity index (χ2n) is 5.27. The number of rotatable bonds is 4. The Labute approximate surface area is 98.8 Å². The molecular weight excluding hydrogens is 194 g/mol. The minimum Gasteiger partial charge on any atom is -0.202 e. The van der Waals surface area contributed by atoms with E-state index in [9.17, 15) is 0 Å². The average molecular weight is 216 g/mol. The van der Waals surface area contributed by atoms with Crippen molar-refractivity contribution in [3.8, 4) is 0 Å². The van der Waals surface area contributed by atoms with Crippen LogP contribution >= 0.6 is 0 Å². The van der Waals surface area contributed by atoms with Crippen molar-refractivity contribution >= 4 is 11.9 Å². The molecule has 0 aliphatic carbocycles. The highest BCUT2D eigenvalue weighted by Gasteiger charge is 2.36. The van der Waals surface area contributed by atoms with Gasteiger partial charge in [0, 0.05) is 18.1 Å². The summed E-state index contributed by atoms with van der Waals surface area (Å²) in [6, 6.07) is 8.78. The van der Waals surface area contributed by atoms with Gasteiger partial charge in [-0.05, 0) is 20.3 Å². The van der Waals surface area contributed by atoms with Gasteiger partial charge in [-0.15, -0.1) is 0 Å². The minimum absolute atomic E-state index is 0.197. The molecule has 16 heavy (non-hydrogen) atoms. The number of hydrogen-bond acceptors (Lipinski definition) is 0. The van der Waals surface area contributed by atoms with Crippen molar-refractivity contribution in [3.05, 3.63) is 29.8 Å². The third-order valence-electron chi connectivity index (χ3n) is 3.39. The second-order valence-corrected chi connectivity index (χ2v) is 5.27. The van der Waals surface area contributed by atoms with E-state index < -0.39 is 0 Å². The van der Waals surface area contributed by atoms with Crippen LogP contribution in [0.15, 0.2) is 24.3 Å². The molecule has 1 nitrogen and oxygen atoms in total. The first-order valence-corrected chi connectivity index (χ1v) is 6.37. The zero-order valence-corrected chi connectivity index (χ0v) is 10.7. The Morgan fingerprint density at radius 2 is 1.88 bits per heavy atom. The third kappa shape index (κ3) is 2.04. The van der Waals surface area contributed by atoms with Crippen LogP contribution in [0.5, 0.6) is 0 Å². The summed E-state index contributed by atoms with van der Waals surface area (Å²) in [5.41, 5.74) is 3.07. The van der Waals surface area contributed by atoms with Gasteiger partial charge in [-0.1, -0.05) is 31.5 Å². The molecule has 1 heterocycles. The van der Waals surface area contributed by atoms with Crippen LogP contribution in [-0.2, 0) is 5.41 Å². The van der Waals surface area contributed by atoms with Gasteiger partial charge in [-0.3, -0.25) is 0 Å². The summed E-state index contributed by atoms with van der Waals surface area (Å²) < 4.78 is 2.44. The Bertz CT molecular complexity index is 402. The zero-order chi connectivity index (χ0) is 11.6. The van der Waals surface area contributed by atoms with Crippen LogP contribution in [0.3, 0.4) is 0 Å². The molecule has 0 bridgehead atoms. The van der Waals surface area contributed by atoms with Gasteiger partial charge in [0.15, 0.2) is 6.21 Å². The van der Waals surface area contributed by atoms with Crippen LogP contribution in [0, 0.1) is 0 Å². The fourth-order valence-electron chi connectivity index (χ4n) is 2.51. The van der Waals surface area contributed by atoms with Gasteiger partial charge in [0.05, 0.1) is 5.41 Å². The number of nitrogens with zero attached hydrogens (tertiary/aromatic N) is 1. The minimum atomic E-state index is 0.197. The van der Waals surface area contributed by atoms with Gasteiger partial charge in [-0.25, -0.2) is 4.58 Å². The van der Waals surface area contributed by atoms with E-state index in [4.69, 9.17) is 0 Å². The van der Waals surface area contributed by atoms with E-state index >= 15 is 0 Å². The first-order chi connectivity index (χ1) is 7.65. The summed E-state index contributed by atoms with van der Waals surface area (Å²) >= 11 is 0. The van der Waals surface area contributed by atoms with Crippen molar-refractivity contribution in [1.82, 2.24) is 0 Å². The summed E-state index contributed by atoms with van der Waals surface area (Å²) in [6.07, 6.45) is 6.29. The van der Waals surface area contributed by atoms with Crippen LogP contribution < -0.4 is 0 Å². The lowest BCUT2D eigenvalue weighted by atomic mass is 9.87. The number of para-hydroxylation sites is 1. The molecule has 1 aromatic rings. The largest absolute Gasteiger partial charge is 0.209 e. The monoisotopic (exact) mass is 216 g/mol. The molecule has 0 radical (unpaired) electrons. The molecule has 1 aromatic carbocycles. The summed E-state index contributed by atoms with van der Waals surface area (Å²) in [7, 11) is 0. The van der Waals surface area contributed by atoms with Crippen LogP contribution in [0.4, 0.5) is 5.69 Å². The molecule has 86 valence electrons. The van der Waals surface area contributed by atoms with Crippen molar-refractivity contribution in [2.45, 2.75) is 45.4 Å². The van der Waals surface area contributed by atoms with Gasteiger partial charge >= 0.3 is 0 Å². The SMILES string of the molecule is CCCCC[N+]1=CC(C)(C)c2ccccc21. The summed E-state index contributed by atoms with van der Waals surface area (Å²) in [5, 5.41) is 0. The maximum atomic E-state index is 2.44. The normalized spacial score (nSPS) is 17.1. The number of unbranched alkanes of at least 4 members (excludes halogenated alkanes) is 2. The highest BCUT2D eigenvalue weighted by molar-refractivity contribution is 5.76. The zero-order valence-electron chi connectivity index (χ0n) is 10.7. The van der Waals surface area contributed by atoms with E-state index in [1.54, 1.807) is 0 Å². The first-order valence-electron chi connectivity index (χ1n) is 6.37. The molecule has 2 rings (SSSR count). The predicted octanol–water partition coefficient (Wildman–Crippen LogP) is 3.88. The van der Waals surface area contributed by atoms with Crippen molar-refractivity contribution in [2.24, 2.45) is 0 Å². The Morgan fingerprint density at radius 1 is 1.12 bits per heavy atom. The molecule has 1 aliphatic heterocycles. The lowest BCUT2D eigenvalue weighted by Gasteiger charge is -2.09. The molecule has 0 N–H and O–H groups in total. The molecule has 0 fully saturated rings. The van der Waals surface area contributed by atoms with Crippen molar-refractivity contribution in [2.75, 3.05) is 6.54 Å². The molecule has 0 saturated carbocycles. The Balaban J connectivity index is 2.21. The van der Waals surface area contributed by atoms with Gasteiger partial charge in [-0.2, -0.15) is 0 Å². The molecule has 0 amide bonds. The standard InChI is InChI=1S/C15H22N/c1-4-5-8-11-16-12-15(2,3)13-9-6-7-10-14(13)16/h6-7,9-10,12H,4-5,8,11H2,1-3H3/q+1. The quantitative estimate of drug-likeness (QED) is 0.531. The van der Waals surface area contributed by atoms with E-state index in [0.29, 0.717) is 0 Å². The van der Waals surface area contributed by atoms with Gasteiger partial charge < -0.3 is 0 Å². The van der Waals surface area contributed by atoms with E-state index in [1.165, 1.54) is 30.5 Å². The maximum absolute atomic E-state index is 2.44. The molecule has 0 atom stereocenters. The molecule has 0 unspecified atom stereocenters. The van der Waals surface area contributed by atoms with Crippen LogP contribution in [0.1, 0.15) is 45.6 Å². The van der Waals surface area contributed by atoms with Crippen LogP contribution in [-0.4, -0.2) is 17.3 Å². The number of fused-ring (bicyclic) bond motifs is 1. The Morgan fingerprint density at radius 3 is 2.62 bits per heavy atom. The van der Waals surface area contributed by atoms with Crippen molar-refractivity contribution in [1.29, 1.82) is 0 Å². The average Bonchev–Trinajstić information content (AvgIpc) is 2.52. The fraction of sp³-hybridized carbons (Fsp3) is 0.533. The van der Waals surface area contributed by atoms with E-state index in [-0.39, 0.29) is 5.41 Å². The maximum Gasteiger partial charge on any atom is 0.209 e. The van der Waals surface area contributed by atoms with Gasteiger partial charge in [0.1, 0.15) is 6.54 Å². The van der Waals surface area contributed by atoms with Crippen LogP contribution in [0.2, 0.25) is 0 Å². The highest BCUT2D eigenvalue weighted by atomic mass is 15.0. The highest BCUT2D eigenvalue weighted by Crippen LogP contribution is 2.35. The third-order valence-corrected chi connectivity index (χ3v) is 3.39. The van der Waals surface area contributed by atoms with Crippen molar-refractivity contribution < 1.29 is 4.58 Å². The smallest absolute Gasteiger partial charge is 0.202 e. The molecular formula is C15H22N+. The second kappa shape index (κ2) is 4.40. The lowest BCUT2D eigenvalue weighted by Crippen LogP contribution is -2.17. The summed E-state index contributed by atoms with van der Waals surface area (Å²) in [6.45, 7) is 8.01. The van der Waals surface area contributed by atoms with E-state index in [0.717, 1.165) is 6.54 Å². The number of benzene rings is 1. The molecule has 1 aliphatic rings. The number of hydrogen-bond donors (Lipinski definition) is 0. The fourth-order valence-corrected chi connectivity index (χ4v) is 2.51.